The first kappa shape index (κ1) is 19.6. The molecule has 2 heterocycles. The summed E-state index contributed by atoms with van der Waals surface area (Å²) in [6.45, 7) is 18.4. The maximum absolute atomic E-state index is 14.0. The Balaban J connectivity index is 1.98. The minimum absolute atomic E-state index is 0.0269. The monoisotopic (exact) mass is 374 g/mol. The van der Waals surface area contributed by atoms with Gasteiger partial charge in [-0.25, -0.2) is 14.0 Å². The second-order valence-corrected chi connectivity index (χ2v) is 8.22. The molecule has 0 unspecified atom stereocenters. The van der Waals surface area contributed by atoms with Gasteiger partial charge in [0.05, 0.1) is 12.6 Å². The third-order valence-electron chi connectivity index (χ3n) is 5.19. The van der Waals surface area contributed by atoms with Crippen LogP contribution < -0.4 is 5.32 Å². The maximum Gasteiger partial charge on any atom is 0.410 e. The number of nitrogens with zero attached hydrogens (tertiary/aromatic N) is 3. The topological polar surface area (TPSA) is 49.2 Å². The van der Waals surface area contributed by atoms with E-state index < -0.39 is 11.4 Å². The first-order valence-electron chi connectivity index (χ1n) is 9.32. The average Bonchev–Trinajstić information content (AvgIpc) is 2.60. The van der Waals surface area contributed by atoms with Crippen LogP contribution in [0.15, 0.2) is 12.1 Å². The first-order valence-corrected chi connectivity index (χ1v) is 9.32. The van der Waals surface area contributed by atoms with Crippen LogP contribution in [-0.2, 0) is 4.74 Å². The Morgan fingerprint density at radius 1 is 1.37 bits per heavy atom. The van der Waals surface area contributed by atoms with E-state index in [1.54, 1.807) is 17.9 Å². The number of amides is 1. The average molecular weight is 374 g/mol. The Morgan fingerprint density at radius 3 is 2.78 bits per heavy atom. The van der Waals surface area contributed by atoms with Gasteiger partial charge in [0.15, 0.2) is 0 Å². The molecule has 0 saturated carbocycles. The summed E-state index contributed by atoms with van der Waals surface area (Å²) in [6, 6.07) is 2.98. The second-order valence-electron chi connectivity index (χ2n) is 8.22. The molecule has 2 atom stereocenters. The molecule has 0 radical (unpaired) electrons. The van der Waals surface area contributed by atoms with Crippen molar-refractivity contribution in [1.29, 1.82) is 0 Å². The van der Waals surface area contributed by atoms with Crippen molar-refractivity contribution in [3.8, 4) is 0 Å². The summed E-state index contributed by atoms with van der Waals surface area (Å²) in [7, 11) is 0. The smallest absolute Gasteiger partial charge is 0.410 e. The van der Waals surface area contributed by atoms with Gasteiger partial charge in [0.2, 0.25) is 5.69 Å². The zero-order valence-electron chi connectivity index (χ0n) is 16.4. The summed E-state index contributed by atoms with van der Waals surface area (Å²) in [5.41, 5.74) is 0.838. The molecule has 0 bridgehead atoms. The van der Waals surface area contributed by atoms with Crippen molar-refractivity contribution in [2.45, 2.75) is 45.4 Å². The molecule has 2 aliphatic heterocycles. The molecule has 27 heavy (non-hydrogen) atoms. The molecule has 146 valence electrons. The number of halogens is 1. The van der Waals surface area contributed by atoms with E-state index in [4.69, 9.17) is 11.3 Å². The molecule has 7 heteroatoms. The van der Waals surface area contributed by atoms with Crippen LogP contribution in [0.2, 0.25) is 0 Å². The molecular weight excluding hydrogens is 347 g/mol. The van der Waals surface area contributed by atoms with Crippen LogP contribution >= 0.6 is 0 Å². The van der Waals surface area contributed by atoms with Crippen LogP contribution in [0.5, 0.6) is 0 Å². The van der Waals surface area contributed by atoms with Crippen LogP contribution in [0.4, 0.5) is 14.9 Å². The van der Waals surface area contributed by atoms with E-state index in [0.717, 1.165) is 25.2 Å². The van der Waals surface area contributed by atoms with Gasteiger partial charge in [0, 0.05) is 38.8 Å². The van der Waals surface area contributed by atoms with E-state index >= 15 is 0 Å². The van der Waals surface area contributed by atoms with Gasteiger partial charge in [0.1, 0.15) is 11.4 Å². The molecule has 6 nitrogen and oxygen atoms in total. The summed E-state index contributed by atoms with van der Waals surface area (Å²) in [6.07, 6.45) is -0.370. The molecule has 3 rings (SSSR count). The molecule has 2 aliphatic rings. The fourth-order valence-electron chi connectivity index (χ4n) is 3.87. The maximum atomic E-state index is 14.0. The lowest BCUT2D eigenvalue weighted by atomic mass is 9.94. The van der Waals surface area contributed by atoms with E-state index in [-0.39, 0.29) is 23.9 Å². The second kappa shape index (κ2) is 7.45. The molecule has 1 N–H and O–H groups in total. The molecule has 0 aliphatic carbocycles. The lowest BCUT2D eigenvalue weighted by molar-refractivity contribution is -0.0212. The highest BCUT2D eigenvalue weighted by molar-refractivity contribution is 5.70. The molecule has 2 fully saturated rings. The summed E-state index contributed by atoms with van der Waals surface area (Å²) in [4.78, 5) is 20.4. The number of ether oxygens (including phenoxy) is 1. The Labute approximate surface area is 160 Å². The van der Waals surface area contributed by atoms with E-state index in [0.29, 0.717) is 18.7 Å². The van der Waals surface area contributed by atoms with Crippen molar-refractivity contribution in [1.82, 2.24) is 15.1 Å². The largest absolute Gasteiger partial charge is 0.444 e. The van der Waals surface area contributed by atoms with Gasteiger partial charge in [-0.2, -0.15) is 0 Å². The lowest BCUT2D eigenvalue weighted by Gasteiger charge is -2.48. The zero-order valence-corrected chi connectivity index (χ0v) is 16.4. The minimum Gasteiger partial charge on any atom is -0.444 e. The number of carbonyl (C=O) groups excluding carboxylic acids is 1. The standard InChI is InChI=1S/C20H27FN4O2/c1-13-15(6-7-16(21)18(13)22-5)17-12-24-9-8-23-10-14(24)11-25(17)19(26)27-20(2,3)4/h6-7,14,17,23H,8-12H2,1-4H3/t14-,17-/m0/s1. The molecule has 0 spiro atoms. The van der Waals surface area contributed by atoms with Crippen molar-refractivity contribution in [3.05, 3.63) is 40.5 Å². The highest BCUT2D eigenvalue weighted by Gasteiger charge is 2.40. The Hall–Kier alpha value is -2.17. The predicted molar refractivity (Wildman–Crippen MR) is 101 cm³/mol. The van der Waals surface area contributed by atoms with E-state index in [2.05, 4.69) is 15.1 Å². The fraction of sp³-hybridized carbons (Fsp3) is 0.600. The summed E-state index contributed by atoms with van der Waals surface area (Å²) < 4.78 is 19.6. The number of nitrogens with one attached hydrogen (secondary N) is 1. The number of rotatable bonds is 1. The molecule has 0 aromatic heterocycles. The van der Waals surface area contributed by atoms with Gasteiger partial charge >= 0.3 is 6.09 Å². The number of hydrogen-bond acceptors (Lipinski definition) is 4. The number of piperazine rings is 2. The number of benzene rings is 1. The SMILES string of the molecule is [C-]#[N+]c1c(F)ccc([C@@H]2CN3CCNC[C@H]3CN2C(=O)OC(C)(C)C)c1C. The van der Waals surface area contributed by atoms with Crippen molar-refractivity contribution >= 4 is 11.8 Å². The Bertz CT molecular complexity index is 768. The molecule has 1 amide bonds. The van der Waals surface area contributed by atoms with Gasteiger partial charge in [-0.1, -0.05) is 6.07 Å². The fourth-order valence-corrected chi connectivity index (χ4v) is 3.87. The van der Waals surface area contributed by atoms with Crippen LogP contribution in [0, 0.1) is 19.3 Å². The van der Waals surface area contributed by atoms with Gasteiger partial charge in [-0.05, 0) is 44.9 Å². The van der Waals surface area contributed by atoms with Crippen molar-refractivity contribution in [2.24, 2.45) is 0 Å². The third kappa shape index (κ3) is 4.07. The van der Waals surface area contributed by atoms with Gasteiger partial charge < -0.3 is 10.1 Å². The van der Waals surface area contributed by atoms with Gasteiger partial charge in [-0.3, -0.25) is 9.80 Å². The normalized spacial score (nSPS) is 23.5. The van der Waals surface area contributed by atoms with E-state index in [1.807, 2.05) is 20.8 Å². The van der Waals surface area contributed by atoms with Crippen molar-refractivity contribution in [2.75, 3.05) is 32.7 Å². The number of hydrogen-bond donors (Lipinski definition) is 1. The van der Waals surface area contributed by atoms with Gasteiger partial charge in [-0.15, -0.1) is 0 Å². The minimum atomic E-state index is -0.594. The van der Waals surface area contributed by atoms with Crippen molar-refractivity contribution < 1.29 is 13.9 Å². The molecular formula is C20H27FN4O2. The quantitative estimate of drug-likeness (QED) is 0.767. The van der Waals surface area contributed by atoms with Gasteiger partial charge in [0.25, 0.3) is 0 Å². The van der Waals surface area contributed by atoms with Crippen LogP contribution in [0.25, 0.3) is 4.85 Å². The summed E-state index contributed by atoms with van der Waals surface area (Å²) >= 11 is 0. The Morgan fingerprint density at radius 2 is 2.11 bits per heavy atom. The van der Waals surface area contributed by atoms with Crippen LogP contribution in [0.1, 0.15) is 37.9 Å². The number of fused-ring (bicyclic) bond motifs is 1. The van der Waals surface area contributed by atoms with E-state index in [9.17, 15) is 9.18 Å². The highest BCUT2D eigenvalue weighted by Crippen LogP contribution is 2.36. The first-order chi connectivity index (χ1) is 12.7. The summed E-state index contributed by atoms with van der Waals surface area (Å²) in [5, 5.41) is 3.37. The predicted octanol–water partition coefficient (Wildman–Crippen LogP) is 3.25. The van der Waals surface area contributed by atoms with Crippen LogP contribution in [0.3, 0.4) is 0 Å². The van der Waals surface area contributed by atoms with E-state index in [1.165, 1.54) is 6.07 Å². The zero-order chi connectivity index (χ0) is 19.8. The summed E-state index contributed by atoms with van der Waals surface area (Å²) in [5.74, 6) is -0.522. The van der Waals surface area contributed by atoms with Crippen molar-refractivity contribution in [3.63, 3.8) is 0 Å². The molecule has 2 saturated heterocycles. The van der Waals surface area contributed by atoms with Crippen LogP contribution in [-0.4, -0.2) is 60.3 Å². The Kier molecular flexibility index (Phi) is 5.41. The number of carbonyl (C=O) groups is 1. The highest BCUT2D eigenvalue weighted by atomic mass is 19.1. The molecule has 1 aromatic rings. The molecule has 1 aromatic carbocycles. The lowest BCUT2D eigenvalue weighted by Crippen LogP contribution is -2.63. The third-order valence-corrected chi connectivity index (χ3v) is 5.19.